The number of carbonyl (C=O) groups excluding carboxylic acids is 2. The first kappa shape index (κ1) is 18.5. The Hall–Kier alpha value is -3.34. The van der Waals surface area contributed by atoms with Crippen LogP contribution in [0.5, 0.6) is 0 Å². The van der Waals surface area contributed by atoms with Gasteiger partial charge in [0, 0.05) is 41.7 Å². The molecule has 2 aromatic carbocycles. The zero-order valence-corrected chi connectivity index (χ0v) is 15.6. The predicted octanol–water partition coefficient (Wildman–Crippen LogP) is 4.91. The van der Waals surface area contributed by atoms with Crippen LogP contribution in [0.4, 0.5) is 11.4 Å². The number of carbonyl (C=O) groups is 2. The summed E-state index contributed by atoms with van der Waals surface area (Å²) in [5.74, 6) is 0.454. The van der Waals surface area contributed by atoms with Crippen molar-refractivity contribution in [1.82, 2.24) is 0 Å². The smallest absolute Gasteiger partial charge is 0.248 e. The first-order chi connectivity index (χ1) is 13.0. The first-order valence-electron chi connectivity index (χ1n) is 8.86. The molecule has 0 fully saturated rings. The Bertz CT molecular complexity index is 1030. The summed E-state index contributed by atoms with van der Waals surface area (Å²) in [6.07, 6.45) is 4.03. The predicted molar refractivity (Wildman–Crippen MR) is 109 cm³/mol. The van der Waals surface area contributed by atoms with E-state index in [1.807, 2.05) is 38.1 Å². The Morgan fingerprint density at radius 2 is 1.74 bits per heavy atom. The van der Waals surface area contributed by atoms with Crippen LogP contribution in [0.15, 0.2) is 53.0 Å². The van der Waals surface area contributed by atoms with Crippen molar-refractivity contribution < 1.29 is 14.0 Å². The average molecular weight is 362 g/mol. The van der Waals surface area contributed by atoms with E-state index in [2.05, 4.69) is 10.6 Å². The summed E-state index contributed by atoms with van der Waals surface area (Å²) in [6.45, 7) is 5.32. The molecule has 0 saturated carbocycles. The molecule has 0 atom stereocenters. The lowest BCUT2D eigenvalue weighted by atomic mass is 10.1. The molecule has 5 heteroatoms. The lowest BCUT2D eigenvalue weighted by Crippen LogP contribution is -2.12. The van der Waals surface area contributed by atoms with E-state index in [1.165, 1.54) is 13.0 Å². The van der Waals surface area contributed by atoms with Gasteiger partial charge in [-0.2, -0.15) is 0 Å². The summed E-state index contributed by atoms with van der Waals surface area (Å²) in [5, 5.41) is 6.61. The summed E-state index contributed by atoms with van der Waals surface area (Å²) in [7, 11) is 0. The van der Waals surface area contributed by atoms with Gasteiger partial charge in [0.1, 0.15) is 11.3 Å². The number of benzene rings is 2. The minimum absolute atomic E-state index is 0.152. The van der Waals surface area contributed by atoms with Crippen LogP contribution in [0.1, 0.15) is 30.7 Å². The second-order valence-corrected chi connectivity index (χ2v) is 6.27. The van der Waals surface area contributed by atoms with E-state index in [4.69, 9.17) is 4.42 Å². The molecule has 3 rings (SSSR count). The van der Waals surface area contributed by atoms with E-state index in [9.17, 15) is 9.59 Å². The van der Waals surface area contributed by atoms with Crippen LogP contribution in [0.2, 0.25) is 0 Å². The Labute approximate surface area is 158 Å². The molecular formula is C22H22N2O3. The Balaban J connectivity index is 1.82. The van der Waals surface area contributed by atoms with Crippen LogP contribution in [-0.4, -0.2) is 11.8 Å². The zero-order valence-electron chi connectivity index (χ0n) is 15.6. The quantitative estimate of drug-likeness (QED) is 0.633. The van der Waals surface area contributed by atoms with Gasteiger partial charge in [0.25, 0.3) is 0 Å². The maximum absolute atomic E-state index is 12.4. The van der Waals surface area contributed by atoms with Gasteiger partial charge in [-0.25, -0.2) is 0 Å². The minimum Gasteiger partial charge on any atom is -0.460 e. The van der Waals surface area contributed by atoms with Crippen LogP contribution < -0.4 is 10.6 Å². The molecule has 0 aliphatic heterocycles. The van der Waals surface area contributed by atoms with E-state index in [0.717, 1.165) is 34.3 Å². The topological polar surface area (TPSA) is 71.3 Å². The fourth-order valence-corrected chi connectivity index (χ4v) is 2.99. The Kier molecular flexibility index (Phi) is 5.41. The molecule has 27 heavy (non-hydrogen) atoms. The van der Waals surface area contributed by atoms with Crippen LogP contribution >= 0.6 is 0 Å². The number of aryl methyl sites for hydroxylation is 1. The molecule has 0 aliphatic rings. The molecule has 138 valence electrons. The third-order valence-electron chi connectivity index (χ3n) is 4.34. The number of rotatable bonds is 5. The lowest BCUT2D eigenvalue weighted by Gasteiger charge is -2.11. The molecule has 0 spiro atoms. The SMILES string of the molecule is CCc1oc2ccccc2c1/C=C/C(=O)Nc1cccc(NC(C)=O)c1C. The molecule has 5 nitrogen and oxygen atoms in total. The number of anilines is 2. The third-order valence-corrected chi connectivity index (χ3v) is 4.34. The Morgan fingerprint density at radius 1 is 1.04 bits per heavy atom. The Morgan fingerprint density at radius 3 is 2.44 bits per heavy atom. The molecule has 0 saturated heterocycles. The van der Waals surface area contributed by atoms with Gasteiger partial charge >= 0.3 is 0 Å². The molecule has 1 heterocycles. The van der Waals surface area contributed by atoms with Gasteiger partial charge in [-0.15, -0.1) is 0 Å². The minimum atomic E-state index is -0.245. The lowest BCUT2D eigenvalue weighted by molar-refractivity contribution is -0.114. The molecule has 0 unspecified atom stereocenters. The van der Waals surface area contributed by atoms with Crippen molar-refractivity contribution in [1.29, 1.82) is 0 Å². The molecule has 0 aliphatic carbocycles. The van der Waals surface area contributed by atoms with Crippen LogP contribution in [0, 0.1) is 6.92 Å². The van der Waals surface area contributed by atoms with Gasteiger partial charge in [-0.05, 0) is 36.8 Å². The molecule has 0 radical (unpaired) electrons. The van der Waals surface area contributed by atoms with Gasteiger partial charge in [0.2, 0.25) is 11.8 Å². The molecule has 0 bridgehead atoms. The van der Waals surface area contributed by atoms with Gasteiger partial charge in [0.05, 0.1) is 0 Å². The van der Waals surface area contributed by atoms with Gasteiger partial charge in [-0.3, -0.25) is 9.59 Å². The summed E-state index contributed by atoms with van der Waals surface area (Å²) in [5.41, 5.74) is 3.87. The fourth-order valence-electron chi connectivity index (χ4n) is 2.99. The molecule has 1 aromatic heterocycles. The van der Waals surface area contributed by atoms with E-state index >= 15 is 0 Å². The maximum atomic E-state index is 12.4. The van der Waals surface area contributed by atoms with Gasteiger partial charge in [-0.1, -0.05) is 31.2 Å². The second-order valence-electron chi connectivity index (χ2n) is 6.27. The number of fused-ring (bicyclic) bond motifs is 1. The standard InChI is InChI=1S/C22H22N2O3/c1-4-20-17(16-8-5-6-11-21(16)27-20)12-13-22(26)24-19-10-7-9-18(14(19)2)23-15(3)25/h5-13H,4H2,1-3H3,(H,23,25)(H,24,26)/b13-12+. The van der Waals surface area contributed by atoms with Gasteiger partial charge < -0.3 is 15.1 Å². The number of hydrogen-bond acceptors (Lipinski definition) is 3. The van der Waals surface area contributed by atoms with Gasteiger partial charge in [0.15, 0.2) is 0 Å². The number of furan rings is 1. The summed E-state index contributed by atoms with van der Waals surface area (Å²) in [6, 6.07) is 13.2. The van der Waals surface area contributed by atoms with E-state index in [1.54, 1.807) is 24.3 Å². The van der Waals surface area contributed by atoms with Crippen molar-refractivity contribution in [3.63, 3.8) is 0 Å². The van der Waals surface area contributed by atoms with Crippen molar-refractivity contribution in [2.45, 2.75) is 27.2 Å². The zero-order chi connectivity index (χ0) is 19.4. The van der Waals surface area contributed by atoms with Crippen molar-refractivity contribution in [2.24, 2.45) is 0 Å². The fraction of sp³-hybridized carbons (Fsp3) is 0.182. The van der Waals surface area contributed by atoms with E-state index < -0.39 is 0 Å². The number of hydrogen-bond donors (Lipinski definition) is 2. The highest BCUT2D eigenvalue weighted by molar-refractivity contribution is 6.04. The highest BCUT2D eigenvalue weighted by atomic mass is 16.3. The first-order valence-corrected chi connectivity index (χ1v) is 8.86. The number of para-hydroxylation sites is 1. The highest BCUT2D eigenvalue weighted by Gasteiger charge is 2.11. The maximum Gasteiger partial charge on any atom is 0.248 e. The van der Waals surface area contributed by atoms with Crippen molar-refractivity contribution >= 4 is 40.2 Å². The van der Waals surface area contributed by atoms with Crippen LogP contribution in [0.25, 0.3) is 17.0 Å². The number of nitrogens with one attached hydrogen (secondary N) is 2. The normalized spacial score (nSPS) is 11.1. The van der Waals surface area contributed by atoms with E-state index in [-0.39, 0.29) is 11.8 Å². The van der Waals surface area contributed by atoms with Crippen molar-refractivity contribution in [2.75, 3.05) is 10.6 Å². The summed E-state index contributed by atoms with van der Waals surface area (Å²) >= 11 is 0. The molecule has 2 amide bonds. The third kappa shape index (κ3) is 4.08. The average Bonchev–Trinajstić information content (AvgIpc) is 3.00. The molecule has 3 aromatic rings. The largest absolute Gasteiger partial charge is 0.460 e. The van der Waals surface area contributed by atoms with Crippen LogP contribution in [0.3, 0.4) is 0 Å². The number of amides is 2. The second kappa shape index (κ2) is 7.91. The van der Waals surface area contributed by atoms with E-state index in [0.29, 0.717) is 11.4 Å². The van der Waals surface area contributed by atoms with Crippen molar-refractivity contribution in [3.8, 4) is 0 Å². The monoisotopic (exact) mass is 362 g/mol. The summed E-state index contributed by atoms with van der Waals surface area (Å²) in [4.78, 5) is 23.7. The molecule has 2 N–H and O–H groups in total. The van der Waals surface area contributed by atoms with Crippen LogP contribution in [-0.2, 0) is 16.0 Å². The van der Waals surface area contributed by atoms with Crippen molar-refractivity contribution in [3.05, 3.63) is 65.4 Å². The highest BCUT2D eigenvalue weighted by Crippen LogP contribution is 2.28. The molecular weight excluding hydrogens is 340 g/mol. The summed E-state index contributed by atoms with van der Waals surface area (Å²) < 4.78 is 5.85.